The van der Waals surface area contributed by atoms with Crippen LogP contribution in [0.5, 0.6) is 0 Å². The maximum absolute atomic E-state index is 2.52. The van der Waals surface area contributed by atoms with E-state index in [-0.39, 0.29) is 0 Å². The average molecular weight is 134 g/mol. The standard InChI is InChI=1S/C10H14/c1-2-8-4-7-5-9(6-7)10(8)3-1/h2,7,9-10H,1,3-6H2. The molecule has 4 saturated carbocycles. The molecular weight excluding hydrogens is 120 g/mol. The molecule has 0 amide bonds. The van der Waals surface area contributed by atoms with Crippen LogP contribution >= 0.6 is 0 Å². The molecular formula is C10H14. The first kappa shape index (κ1) is 5.62. The van der Waals surface area contributed by atoms with Crippen LogP contribution < -0.4 is 0 Å². The molecule has 0 heterocycles. The molecule has 4 rings (SSSR count). The molecule has 4 aliphatic rings. The summed E-state index contributed by atoms with van der Waals surface area (Å²) in [5.41, 5.74) is 0. The van der Waals surface area contributed by atoms with Crippen LogP contribution in [0.25, 0.3) is 0 Å². The van der Waals surface area contributed by atoms with Gasteiger partial charge < -0.3 is 0 Å². The van der Waals surface area contributed by atoms with Crippen molar-refractivity contribution in [2.45, 2.75) is 32.1 Å². The molecule has 0 aromatic carbocycles. The molecule has 0 heteroatoms. The van der Waals surface area contributed by atoms with E-state index >= 15 is 0 Å². The zero-order chi connectivity index (χ0) is 6.55. The van der Waals surface area contributed by atoms with Crippen molar-refractivity contribution >= 4 is 0 Å². The minimum absolute atomic E-state index is 1.06. The van der Waals surface area contributed by atoms with Gasteiger partial charge >= 0.3 is 0 Å². The summed E-state index contributed by atoms with van der Waals surface area (Å²) in [6.45, 7) is 0. The number of hydrogen-bond donors (Lipinski definition) is 0. The maximum Gasteiger partial charge on any atom is -0.0171 e. The molecule has 2 bridgehead atoms. The summed E-state index contributed by atoms with van der Waals surface area (Å²) in [5.74, 6) is 5.15. The van der Waals surface area contributed by atoms with Gasteiger partial charge in [0.25, 0.3) is 0 Å². The van der Waals surface area contributed by atoms with Crippen LogP contribution in [0.15, 0.2) is 0 Å². The fourth-order valence-electron chi connectivity index (χ4n) is 3.17. The molecule has 0 N–H and O–H groups in total. The number of rotatable bonds is 0. The largest absolute Gasteiger partial charge is 0.0493 e. The van der Waals surface area contributed by atoms with Gasteiger partial charge in [-0.25, -0.2) is 0 Å². The van der Waals surface area contributed by atoms with Crippen LogP contribution in [-0.2, 0) is 0 Å². The van der Waals surface area contributed by atoms with Gasteiger partial charge in [-0.2, -0.15) is 0 Å². The first-order valence-electron chi connectivity index (χ1n) is 4.62. The van der Waals surface area contributed by atoms with E-state index in [1.165, 1.54) is 19.3 Å². The van der Waals surface area contributed by atoms with Crippen molar-refractivity contribution < 1.29 is 0 Å². The minimum Gasteiger partial charge on any atom is -0.0493 e. The van der Waals surface area contributed by atoms with Gasteiger partial charge in [0, 0.05) is 0 Å². The Hall–Kier alpha value is 0. The van der Waals surface area contributed by atoms with Crippen molar-refractivity contribution in [3.8, 4) is 0 Å². The van der Waals surface area contributed by atoms with Crippen molar-refractivity contribution in [3.63, 3.8) is 0 Å². The smallest absolute Gasteiger partial charge is 0.0171 e. The van der Waals surface area contributed by atoms with Gasteiger partial charge in [0.2, 0.25) is 0 Å². The first-order chi connectivity index (χ1) is 4.93. The highest BCUT2D eigenvalue weighted by Crippen LogP contribution is 2.57. The van der Waals surface area contributed by atoms with Crippen LogP contribution in [-0.4, -0.2) is 0 Å². The molecule has 1 unspecified atom stereocenters. The Labute approximate surface area is 63.0 Å². The van der Waals surface area contributed by atoms with Gasteiger partial charge in [0.05, 0.1) is 0 Å². The molecule has 0 aliphatic heterocycles. The molecule has 0 nitrogen and oxygen atoms in total. The van der Waals surface area contributed by atoms with E-state index in [0.717, 1.165) is 17.8 Å². The third kappa shape index (κ3) is 0.580. The van der Waals surface area contributed by atoms with Crippen molar-refractivity contribution in [1.29, 1.82) is 0 Å². The molecule has 0 spiro atoms. The molecule has 10 heavy (non-hydrogen) atoms. The van der Waals surface area contributed by atoms with Gasteiger partial charge in [0.1, 0.15) is 0 Å². The summed E-state index contributed by atoms with van der Waals surface area (Å²) < 4.78 is 0. The van der Waals surface area contributed by atoms with E-state index in [2.05, 4.69) is 6.42 Å². The molecule has 4 aliphatic carbocycles. The molecule has 54 valence electrons. The predicted molar refractivity (Wildman–Crippen MR) is 41.1 cm³/mol. The van der Waals surface area contributed by atoms with E-state index < -0.39 is 0 Å². The van der Waals surface area contributed by atoms with Crippen molar-refractivity contribution in [1.82, 2.24) is 0 Å². The second kappa shape index (κ2) is 1.78. The van der Waals surface area contributed by atoms with Gasteiger partial charge in [-0.05, 0) is 62.2 Å². The first-order valence-corrected chi connectivity index (χ1v) is 4.62. The molecule has 0 aromatic rings. The highest BCUT2D eigenvalue weighted by Gasteiger charge is 2.47. The van der Waals surface area contributed by atoms with Crippen LogP contribution in [0.1, 0.15) is 32.1 Å². The highest BCUT2D eigenvalue weighted by molar-refractivity contribution is 5.21. The third-order valence-corrected chi connectivity index (χ3v) is 3.73. The Morgan fingerprint density at radius 1 is 1.30 bits per heavy atom. The van der Waals surface area contributed by atoms with Gasteiger partial charge in [0.15, 0.2) is 0 Å². The Kier molecular flexibility index (Phi) is 1.00. The Balaban J connectivity index is 1.84. The summed E-state index contributed by atoms with van der Waals surface area (Å²) in [4.78, 5) is 0. The quantitative estimate of drug-likeness (QED) is 0.477. The van der Waals surface area contributed by atoms with Crippen LogP contribution in [0, 0.1) is 30.1 Å². The van der Waals surface area contributed by atoms with E-state index in [0.29, 0.717) is 0 Å². The fourth-order valence-corrected chi connectivity index (χ4v) is 3.17. The Bertz CT molecular complexity index is 144. The van der Waals surface area contributed by atoms with Crippen LogP contribution in [0.2, 0.25) is 0 Å². The lowest BCUT2D eigenvalue weighted by Crippen LogP contribution is -2.38. The lowest BCUT2D eigenvalue weighted by Gasteiger charge is -2.48. The summed E-state index contributed by atoms with van der Waals surface area (Å²) in [7, 11) is 0. The van der Waals surface area contributed by atoms with Crippen molar-refractivity contribution in [2.24, 2.45) is 17.8 Å². The second-order valence-corrected chi connectivity index (χ2v) is 4.26. The highest BCUT2D eigenvalue weighted by atomic mass is 14.5. The topological polar surface area (TPSA) is 0 Å². The number of hydrogen-bond acceptors (Lipinski definition) is 0. The van der Waals surface area contributed by atoms with E-state index in [4.69, 9.17) is 0 Å². The average Bonchev–Trinajstić information content (AvgIpc) is 2.29. The maximum atomic E-state index is 2.52. The third-order valence-electron chi connectivity index (χ3n) is 3.73. The summed E-state index contributed by atoms with van der Waals surface area (Å²) in [6.07, 6.45) is 10.0. The molecule has 0 saturated heterocycles. The zero-order valence-corrected chi connectivity index (χ0v) is 6.34. The lowest BCUT2D eigenvalue weighted by molar-refractivity contribution is 0.0820. The van der Waals surface area contributed by atoms with E-state index in [9.17, 15) is 0 Å². The van der Waals surface area contributed by atoms with Gasteiger partial charge in [-0.1, -0.05) is 0 Å². The van der Waals surface area contributed by atoms with Crippen molar-refractivity contribution in [3.05, 3.63) is 12.3 Å². The summed E-state index contributed by atoms with van der Waals surface area (Å²) in [5, 5.41) is 0. The molecule has 2 radical (unpaired) electrons. The second-order valence-electron chi connectivity index (χ2n) is 4.26. The molecule has 0 aromatic heterocycles. The molecule has 1 atom stereocenters. The van der Waals surface area contributed by atoms with Crippen LogP contribution in [0.3, 0.4) is 0 Å². The zero-order valence-electron chi connectivity index (χ0n) is 6.34. The fraction of sp³-hybridized carbons (Fsp3) is 0.800. The van der Waals surface area contributed by atoms with Gasteiger partial charge in [-0.3, -0.25) is 0 Å². The van der Waals surface area contributed by atoms with Crippen LogP contribution in [0.4, 0.5) is 0 Å². The lowest BCUT2D eigenvalue weighted by atomic mass is 9.57. The normalized spacial score (nSPS) is 52.2. The Morgan fingerprint density at radius 3 is 3.00 bits per heavy atom. The predicted octanol–water partition coefficient (Wildman–Crippen LogP) is 2.61. The monoisotopic (exact) mass is 134 g/mol. The minimum atomic E-state index is 1.06. The summed E-state index contributed by atoms with van der Waals surface area (Å²) in [6, 6.07) is 0. The van der Waals surface area contributed by atoms with E-state index in [1.54, 1.807) is 12.8 Å². The molecule has 4 fully saturated rings. The SMILES string of the molecule is [CH]1CCC2[C]1CC1CC2C1. The van der Waals surface area contributed by atoms with Crippen molar-refractivity contribution in [2.75, 3.05) is 0 Å². The van der Waals surface area contributed by atoms with Gasteiger partial charge in [-0.15, -0.1) is 0 Å². The Morgan fingerprint density at radius 2 is 2.20 bits per heavy atom. The van der Waals surface area contributed by atoms with E-state index in [1.807, 2.05) is 5.92 Å². The summed E-state index contributed by atoms with van der Waals surface area (Å²) >= 11 is 0.